The quantitative estimate of drug-likeness (QED) is 0.707. The molecule has 1 aliphatic heterocycles. The number of nitrogens with zero attached hydrogens (tertiary/aromatic N) is 1. The summed E-state index contributed by atoms with van der Waals surface area (Å²) in [4.78, 5) is 37.5. The summed E-state index contributed by atoms with van der Waals surface area (Å²) in [6.45, 7) is 5.90. The highest BCUT2D eigenvalue weighted by Crippen LogP contribution is 2.22. The standard InChI is InChI=1S/C19H24N2O4/c1-3-4-5-15(19(24)25)20-18(23)16-10-11-17(22)21(16)12-14-8-6-13(2)7-9-14/h3,6-9,15-16H,1,4-5,10-12H2,2H3,(H,20,23)(H,24,25). The molecular formula is C19H24N2O4. The molecule has 2 rings (SSSR count). The number of rotatable bonds is 8. The third-order valence-electron chi connectivity index (χ3n) is 4.38. The predicted octanol–water partition coefficient (Wildman–Crippen LogP) is 2.02. The SMILES string of the molecule is C=CCCC(NC(=O)C1CCC(=O)N1Cc1ccc(C)cc1)C(=O)O. The lowest BCUT2D eigenvalue weighted by Gasteiger charge is -2.25. The van der Waals surface area contributed by atoms with Crippen LogP contribution in [0, 0.1) is 6.92 Å². The van der Waals surface area contributed by atoms with Gasteiger partial charge in [-0.05, 0) is 31.7 Å². The van der Waals surface area contributed by atoms with Crippen LogP contribution in [0.4, 0.5) is 0 Å². The molecule has 0 aliphatic carbocycles. The van der Waals surface area contributed by atoms with Crippen LogP contribution in [0.5, 0.6) is 0 Å². The molecule has 0 aromatic heterocycles. The van der Waals surface area contributed by atoms with Crippen LogP contribution in [-0.2, 0) is 20.9 Å². The van der Waals surface area contributed by atoms with Crippen molar-refractivity contribution in [1.29, 1.82) is 0 Å². The molecule has 2 atom stereocenters. The van der Waals surface area contributed by atoms with Gasteiger partial charge in [0.15, 0.2) is 0 Å². The molecule has 0 spiro atoms. The second kappa shape index (κ2) is 8.46. The van der Waals surface area contributed by atoms with E-state index in [9.17, 15) is 19.5 Å². The van der Waals surface area contributed by atoms with Crippen molar-refractivity contribution in [2.45, 2.75) is 51.2 Å². The van der Waals surface area contributed by atoms with Gasteiger partial charge in [-0.3, -0.25) is 9.59 Å². The predicted molar refractivity (Wildman–Crippen MR) is 93.7 cm³/mol. The van der Waals surface area contributed by atoms with Crippen LogP contribution in [0.25, 0.3) is 0 Å². The molecule has 0 saturated carbocycles. The Balaban J connectivity index is 2.06. The van der Waals surface area contributed by atoms with Gasteiger partial charge < -0.3 is 15.3 Å². The normalized spacial score (nSPS) is 18.0. The molecule has 6 heteroatoms. The highest BCUT2D eigenvalue weighted by molar-refractivity contribution is 5.92. The van der Waals surface area contributed by atoms with Gasteiger partial charge >= 0.3 is 5.97 Å². The van der Waals surface area contributed by atoms with E-state index >= 15 is 0 Å². The summed E-state index contributed by atoms with van der Waals surface area (Å²) >= 11 is 0. The van der Waals surface area contributed by atoms with Crippen LogP contribution in [-0.4, -0.2) is 39.9 Å². The van der Waals surface area contributed by atoms with Crippen LogP contribution in [0.1, 0.15) is 36.8 Å². The number of amides is 2. The molecule has 1 saturated heterocycles. The Morgan fingerprint density at radius 1 is 1.40 bits per heavy atom. The average Bonchev–Trinajstić information content (AvgIpc) is 2.94. The summed E-state index contributed by atoms with van der Waals surface area (Å²) in [6, 6.07) is 6.18. The third kappa shape index (κ3) is 4.92. The number of nitrogens with one attached hydrogen (secondary N) is 1. The molecule has 1 heterocycles. The van der Waals surface area contributed by atoms with Gasteiger partial charge in [-0.1, -0.05) is 35.9 Å². The maximum absolute atomic E-state index is 12.5. The minimum absolute atomic E-state index is 0.0845. The van der Waals surface area contributed by atoms with Crippen LogP contribution >= 0.6 is 0 Å². The van der Waals surface area contributed by atoms with Gasteiger partial charge in [0.2, 0.25) is 11.8 Å². The van der Waals surface area contributed by atoms with Crippen molar-refractivity contribution in [2.75, 3.05) is 0 Å². The largest absolute Gasteiger partial charge is 0.480 e. The number of hydrogen-bond donors (Lipinski definition) is 2. The molecule has 0 radical (unpaired) electrons. The number of carboxylic acid groups (broad SMARTS) is 1. The molecule has 2 N–H and O–H groups in total. The maximum Gasteiger partial charge on any atom is 0.326 e. The lowest BCUT2D eigenvalue weighted by Crippen LogP contribution is -2.49. The van der Waals surface area contributed by atoms with Gasteiger partial charge in [-0.25, -0.2) is 4.79 Å². The molecule has 134 valence electrons. The zero-order chi connectivity index (χ0) is 18.4. The van der Waals surface area contributed by atoms with Crippen molar-refractivity contribution in [2.24, 2.45) is 0 Å². The molecular weight excluding hydrogens is 320 g/mol. The Kier molecular flexibility index (Phi) is 6.33. The number of benzene rings is 1. The fraction of sp³-hybridized carbons (Fsp3) is 0.421. The third-order valence-corrected chi connectivity index (χ3v) is 4.38. The number of carbonyl (C=O) groups is 3. The first-order valence-corrected chi connectivity index (χ1v) is 8.41. The van der Waals surface area contributed by atoms with E-state index in [0.717, 1.165) is 11.1 Å². The zero-order valence-electron chi connectivity index (χ0n) is 14.4. The van der Waals surface area contributed by atoms with Crippen molar-refractivity contribution >= 4 is 17.8 Å². The van der Waals surface area contributed by atoms with E-state index in [2.05, 4.69) is 11.9 Å². The van der Waals surface area contributed by atoms with E-state index in [1.165, 1.54) is 4.90 Å². The first kappa shape index (κ1) is 18.7. The van der Waals surface area contributed by atoms with E-state index in [0.29, 0.717) is 25.8 Å². The Hall–Kier alpha value is -2.63. The van der Waals surface area contributed by atoms with Crippen molar-refractivity contribution in [1.82, 2.24) is 10.2 Å². The number of carbonyl (C=O) groups excluding carboxylic acids is 2. The molecule has 2 amide bonds. The van der Waals surface area contributed by atoms with Gasteiger partial charge in [0.25, 0.3) is 0 Å². The monoisotopic (exact) mass is 344 g/mol. The maximum atomic E-state index is 12.5. The van der Waals surface area contributed by atoms with E-state index in [1.54, 1.807) is 6.08 Å². The lowest BCUT2D eigenvalue weighted by molar-refractivity contribution is -0.143. The van der Waals surface area contributed by atoms with Gasteiger partial charge in [0, 0.05) is 13.0 Å². The summed E-state index contributed by atoms with van der Waals surface area (Å²) in [5.74, 6) is -1.57. The van der Waals surface area contributed by atoms with Gasteiger partial charge in [0.1, 0.15) is 12.1 Å². The Labute approximate surface area is 147 Å². The number of carboxylic acids is 1. The molecule has 1 aliphatic rings. The summed E-state index contributed by atoms with van der Waals surface area (Å²) in [5, 5.41) is 11.8. The Morgan fingerprint density at radius 2 is 2.08 bits per heavy atom. The number of aliphatic carboxylic acids is 1. The molecule has 25 heavy (non-hydrogen) atoms. The van der Waals surface area contributed by atoms with Crippen molar-refractivity contribution in [3.63, 3.8) is 0 Å². The minimum atomic E-state index is -1.08. The number of likely N-dealkylation sites (tertiary alicyclic amines) is 1. The van der Waals surface area contributed by atoms with E-state index < -0.39 is 24.0 Å². The number of allylic oxidation sites excluding steroid dienone is 1. The van der Waals surface area contributed by atoms with Crippen LogP contribution in [0.2, 0.25) is 0 Å². The van der Waals surface area contributed by atoms with Gasteiger partial charge in [0.05, 0.1) is 0 Å². The first-order valence-electron chi connectivity index (χ1n) is 8.41. The summed E-state index contributed by atoms with van der Waals surface area (Å²) in [7, 11) is 0. The Bertz CT molecular complexity index is 654. The van der Waals surface area contributed by atoms with E-state index in [1.807, 2.05) is 31.2 Å². The minimum Gasteiger partial charge on any atom is -0.480 e. The van der Waals surface area contributed by atoms with Crippen molar-refractivity contribution in [3.8, 4) is 0 Å². The fourth-order valence-corrected chi connectivity index (χ4v) is 2.90. The van der Waals surface area contributed by atoms with Crippen LogP contribution in [0.15, 0.2) is 36.9 Å². The lowest BCUT2D eigenvalue weighted by atomic mass is 10.1. The van der Waals surface area contributed by atoms with Crippen LogP contribution in [0.3, 0.4) is 0 Å². The molecule has 1 aromatic rings. The first-order chi connectivity index (χ1) is 11.9. The van der Waals surface area contributed by atoms with Crippen molar-refractivity contribution < 1.29 is 19.5 Å². The number of hydrogen-bond acceptors (Lipinski definition) is 3. The zero-order valence-corrected chi connectivity index (χ0v) is 14.4. The second-order valence-corrected chi connectivity index (χ2v) is 6.33. The van der Waals surface area contributed by atoms with Gasteiger partial charge in [-0.15, -0.1) is 6.58 Å². The highest BCUT2D eigenvalue weighted by Gasteiger charge is 2.37. The molecule has 6 nitrogen and oxygen atoms in total. The highest BCUT2D eigenvalue weighted by atomic mass is 16.4. The molecule has 2 unspecified atom stereocenters. The molecule has 0 bridgehead atoms. The topological polar surface area (TPSA) is 86.7 Å². The molecule has 1 fully saturated rings. The average molecular weight is 344 g/mol. The van der Waals surface area contributed by atoms with Crippen molar-refractivity contribution in [3.05, 3.63) is 48.0 Å². The molecule has 1 aromatic carbocycles. The summed E-state index contributed by atoms with van der Waals surface area (Å²) in [5.41, 5.74) is 2.07. The summed E-state index contributed by atoms with van der Waals surface area (Å²) in [6.07, 6.45) is 3.10. The Morgan fingerprint density at radius 3 is 2.68 bits per heavy atom. The van der Waals surface area contributed by atoms with E-state index in [-0.39, 0.29) is 12.3 Å². The fourth-order valence-electron chi connectivity index (χ4n) is 2.90. The van der Waals surface area contributed by atoms with E-state index in [4.69, 9.17) is 0 Å². The summed E-state index contributed by atoms with van der Waals surface area (Å²) < 4.78 is 0. The smallest absolute Gasteiger partial charge is 0.326 e. The second-order valence-electron chi connectivity index (χ2n) is 6.33. The van der Waals surface area contributed by atoms with Crippen LogP contribution < -0.4 is 5.32 Å². The van der Waals surface area contributed by atoms with Gasteiger partial charge in [-0.2, -0.15) is 0 Å². The number of aryl methyl sites for hydroxylation is 1.